The maximum atomic E-state index is 5.00. The van der Waals surface area contributed by atoms with Gasteiger partial charge in [0.05, 0.1) is 6.54 Å². The molecule has 1 rings (SSSR count). The molecule has 76 valence electrons. The van der Waals surface area contributed by atoms with E-state index in [0.29, 0.717) is 6.54 Å². The van der Waals surface area contributed by atoms with Crippen molar-refractivity contribution in [2.24, 2.45) is 4.99 Å². The van der Waals surface area contributed by atoms with Crippen molar-refractivity contribution in [3.05, 3.63) is 35.9 Å². The summed E-state index contributed by atoms with van der Waals surface area (Å²) in [7, 11) is 3.21. The fraction of sp³-hybridized carbons (Fsp3) is 0.364. The molecule has 0 aliphatic heterocycles. The number of aliphatic imine (C=N–C) groups is 1. The third-order valence-corrected chi connectivity index (χ3v) is 1.82. The summed E-state index contributed by atoms with van der Waals surface area (Å²) >= 11 is 0. The second kappa shape index (κ2) is 6.29. The maximum absolute atomic E-state index is 5.00. The molecule has 0 amide bonds. The molecular weight excluding hydrogens is 178 g/mol. The molecule has 0 fully saturated rings. The van der Waals surface area contributed by atoms with E-state index in [-0.39, 0.29) is 6.29 Å². The first-order valence-corrected chi connectivity index (χ1v) is 4.47. The van der Waals surface area contributed by atoms with Crippen molar-refractivity contribution in [3.8, 4) is 0 Å². The van der Waals surface area contributed by atoms with Crippen LogP contribution in [0.4, 0.5) is 0 Å². The van der Waals surface area contributed by atoms with Crippen molar-refractivity contribution in [1.82, 2.24) is 0 Å². The Hall–Kier alpha value is -1.19. The zero-order valence-electron chi connectivity index (χ0n) is 8.51. The van der Waals surface area contributed by atoms with Crippen LogP contribution in [0, 0.1) is 0 Å². The van der Waals surface area contributed by atoms with Gasteiger partial charge in [0, 0.05) is 20.4 Å². The van der Waals surface area contributed by atoms with Crippen LogP contribution in [0.25, 0.3) is 0 Å². The molecule has 0 atom stereocenters. The number of hydrogen-bond donors (Lipinski definition) is 0. The summed E-state index contributed by atoms with van der Waals surface area (Å²) in [6.45, 7) is 0.516. The van der Waals surface area contributed by atoms with Crippen molar-refractivity contribution >= 4 is 6.21 Å². The van der Waals surface area contributed by atoms with E-state index in [0.717, 1.165) is 5.56 Å². The molecule has 1 aromatic rings. The minimum absolute atomic E-state index is 0.255. The fourth-order valence-electron chi connectivity index (χ4n) is 1.03. The second-order valence-electron chi connectivity index (χ2n) is 2.81. The summed E-state index contributed by atoms with van der Waals surface area (Å²) in [5.74, 6) is 0. The van der Waals surface area contributed by atoms with Crippen molar-refractivity contribution < 1.29 is 9.47 Å². The Bertz CT molecular complexity index is 268. The highest BCUT2D eigenvalue weighted by atomic mass is 16.7. The van der Waals surface area contributed by atoms with Crippen LogP contribution in [-0.2, 0) is 9.47 Å². The smallest absolute Gasteiger partial charge is 0.176 e. The number of ether oxygens (including phenoxy) is 2. The molecule has 0 saturated carbocycles. The number of nitrogens with zero attached hydrogens (tertiary/aromatic N) is 1. The van der Waals surface area contributed by atoms with Crippen LogP contribution in [0.1, 0.15) is 5.56 Å². The Balaban J connectivity index is 2.41. The Morgan fingerprint density at radius 1 is 1.21 bits per heavy atom. The zero-order chi connectivity index (χ0) is 10.2. The quantitative estimate of drug-likeness (QED) is 0.526. The molecule has 0 aromatic heterocycles. The summed E-state index contributed by atoms with van der Waals surface area (Å²) in [6, 6.07) is 9.93. The first kappa shape index (κ1) is 10.9. The molecule has 3 nitrogen and oxygen atoms in total. The van der Waals surface area contributed by atoms with Crippen LogP contribution in [0.3, 0.4) is 0 Å². The van der Waals surface area contributed by atoms with E-state index < -0.39 is 0 Å². The predicted octanol–water partition coefficient (Wildman–Crippen LogP) is 1.72. The van der Waals surface area contributed by atoms with Gasteiger partial charge >= 0.3 is 0 Å². The highest BCUT2D eigenvalue weighted by Gasteiger charge is 2.00. The van der Waals surface area contributed by atoms with E-state index in [4.69, 9.17) is 9.47 Å². The van der Waals surface area contributed by atoms with Crippen LogP contribution in [0.5, 0.6) is 0 Å². The van der Waals surface area contributed by atoms with Gasteiger partial charge in [0.2, 0.25) is 0 Å². The van der Waals surface area contributed by atoms with Crippen molar-refractivity contribution in [1.29, 1.82) is 0 Å². The van der Waals surface area contributed by atoms with Crippen LogP contribution in [0.2, 0.25) is 0 Å². The van der Waals surface area contributed by atoms with Crippen molar-refractivity contribution in [3.63, 3.8) is 0 Å². The zero-order valence-corrected chi connectivity index (χ0v) is 8.51. The Morgan fingerprint density at radius 3 is 2.43 bits per heavy atom. The first-order valence-electron chi connectivity index (χ1n) is 4.47. The molecular formula is C11H15NO2. The molecule has 0 N–H and O–H groups in total. The number of methoxy groups -OCH3 is 2. The van der Waals surface area contributed by atoms with Gasteiger partial charge in [0.15, 0.2) is 6.29 Å². The molecule has 3 heteroatoms. The Morgan fingerprint density at radius 2 is 1.86 bits per heavy atom. The summed E-state index contributed by atoms with van der Waals surface area (Å²) in [6.07, 6.45) is 1.56. The van der Waals surface area contributed by atoms with Gasteiger partial charge in [-0.2, -0.15) is 0 Å². The molecule has 0 unspecified atom stereocenters. The maximum Gasteiger partial charge on any atom is 0.176 e. The van der Waals surface area contributed by atoms with Crippen LogP contribution in [-0.4, -0.2) is 33.3 Å². The molecule has 0 heterocycles. The molecule has 1 aromatic carbocycles. The standard InChI is InChI=1S/C11H15NO2/c1-13-11(14-2)9-12-8-10-6-4-3-5-7-10/h3-8,11H,9H2,1-2H3/b12-8-. The lowest BCUT2D eigenvalue weighted by Crippen LogP contribution is -2.16. The van der Waals surface area contributed by atoms with Crippen LogP contribution < -0.4 is 0 Å². The van der Waals surface area contributed by atoms with Gasteiger partial charge in [-0.15, -0.1) is 0 Å². The van der Waals surface area contributed by atoms with Crippen LogP contribution >= 0.6 is 0 Å². The molecule has 0 spiro atoms. The highest BCUT2D eigenvalue weighted by Crippen LogP contribution is 1.95. The van der Waals surface area contributed by atoms with E-state index >= 15 is 0 Å². The second-order valence-corrected chi connectivity index (χ2v) is 2.81. The van der Waals surface area contributed by atoms with E-state index in [1.165, 1.54) is 0 Å². The van der Waals surface area contributed by atoms with E-state index in [1.54, 1.807) is 14.2 Å². The Labute approximate surface area is 84.4 Å². The van der Waals surface area contributed by atoms with E-state index in [1.807, 2.05) is 36.5 Å². The lowest BCUT2D eigenvalue weighted by atomic mass is 10.2. The van der Waals surface area contributed by atoms with Gasteiger partial charge in [0.25, 0.3) is 0 Å². The van der Waals surface area contributed by atoms with Gasteiger partial charge < -0.3 is 9.47 Å². The number of hydrogen-bond acceptors (Lipinski definition) is 3. The van der Waals surface area contributed by atoms with Gasteiger partial charge in [-0.25, -0.2) is 0 Å². The lowest BCUT2D eigenvalue weighted by Gasteiger charge is -2.09. The molecule has 0 aliphatic rings. The first-order chi connectivity index (χ1) is 6.86. The number of rotatable bonds is 5. The summed E-state index contributed by atoms with van der Waals surface area (Å²) in [5, 5.41) is 0. The molecule has 14 heavy (non-hydrogen) atoms. The van der Waals surface area contributed by atoms with Crippen molar-refractivity contribution in [2.45, 2.75) is 6.29 Å². The van der Waals surface area contributed by atoms with E-state index in [2.05, 4.69) is 4.99 Å². The lowest BCUT2D eigenvalue weighted by molar-refractivity contribution is -0.0936. The minimum Gasteiger partial charge on any atom is -0.354 e. The van der Waals surface area contributed by atoms with E-state index in [9.17, 15) is 0 Å². The third-order valence-electron chi connectivity index (χ3n) is 1.82. The normalized spacial score (nSPS) is 11.4. The Kier molecular flexibility index (Phi) is 4.89. The van der Waals surface area contributed by atoms with Crippen LogP contribution in [0.15, 0.2) is 35.3 Å². The SMILES string of the molecule is COC(C/N=C\c1ccccc1)OC. The summed E-state index contributed by atoms with van der Waals surface area (Å²) in [4.78, 5) is 4.21. The van der Waals surface area contributed by atoms with Gasteiger partial charge in [-0.3, -0.25) is 4.99 Å². The topological polar surface area (TPSA) is 30.8 Å². The molecule has 0 saturated heterocycles. The molecule has 0 radical (unpaired) electrons. The predicted molar refractivity (Wildman–Crippen MR) is 56.7 cm³/mol. The average Bonchev–Trinajstić information content (AvgIpc) is 2.26. The minimum atomic E-state index is -0.255. The summed E-state index contributed by atoms with van der Waals surface area (Å²) < 4.78 is 10.0. The largest absolute Gasteiger partial charge is 0.354 e. The third kappa shape index (κ3) is 3.68. The van der Waals surface area contributed by atoms with Gasteiger partial charge in [-0.05, 0) is 5.56 Å². The summed E-state index contributed by atoms with van der Waals surface area (Å²) in [5.41, 5.74) is 1.08. The average molecular weight is 193 g/mol. The van der Waals surface area contributed by atoms with Crippen molar-refractivity contribution in [2.75, 3.05) is 20.8 Å². The van der Waals surface area contributed by atoms with Gasteiger partial charge in [-0.1, -0.05) is 30.3 Å². The number of benzene rings is 1. The van der Waals surface area contributed by atoms with Gasteiger partial charge in [0.1, 0.15) is 0 Å². The molecule has 0 aliphatic carbocycles. The monoisotopic (exact) mass is 193 g/mol. The highest BCUT2D eigenvalue weighted by molar-refractivity contribution is 5.79. The molecule has 0 bridgehead atoms. The fourth-order valence-corrected chi connectivity index (χ4v) is 1.03.